The van der Waals surface area contributed by atoms with Gasteiger partial charge in [-0.05, 0) is 24.5 Å². The lowest BCUT2D eigenvalue weighted by Gasteiger charge is -2.30. The molecule has 0 atom stereocenters. The lowest BCUT2D eigenvalue weighted by Crippen LogP contribution is -2.40. The molecule has 0 radical (unpaired) electrons. The summed E-state index contributed by atoms with van der Waals surface area (Å²) in [6.45, 7) is 2.78. The molecule has 8 heteroatoms. The van der Waals surface area contributed by atoms with Crippen LogP contribution < -0.4 is 5.32 Å². The number of aromatic nitrogens is 4. The quantitative estimate of drug-likeness (QED) is 0.754. The van der Waals surface area contributed by atoms with E-state index in [1.165, 1.54) is 0 Å². The van der Waals surface area contributed by atoms with Gasteiger partial charge in [-0.25, -0.2) is 9.97 Å². The number of hydrogen-bond acceptors (Lipinski definition) is 5. The van der Waals surface area contributed by atoms with E-state index >= 15 is 0 Å². The van der Waals surface area contributed by atoms with Gasteiger partial charge in [0.1, 0.15) is 0 Å². The number of anilines is 1. The standard InChI is InChI=1S/C20H22N6O2/c1-13(27)26-7-5-14(6-8-26)19(28)24-20-21-10-16-4-3-15(9-18(16)23-20)17-11-22-25(2)12-17/h3-4,9-12,14H,5-8H2,1-2H3,(H,21,23,24,28). The molecule has 8 nitrogen and oxygen atoms in total. The molecule has 2 aromatic heterocycles. The molecule has 144 valence electrons. The predicted octanol–water partition coefficient (Wildman–Crippen LogP) is 2.23. The molecule has 1 aliphatic heterocycles. The molecule has 0 spiro atoms. The topological polar surface area (TPSA) is 93.0 Å². The molecular formula is C20H22N6O2. The van der Waals surface area contributed by atoms with Crippen molar-refractivity contribution in [3.05, 3.63) is 36.8 Å². The SMILES string of the molecule is CC(=O)N1CCC(C(=O)Nc2ncc3ccc(-c4cnn(C)c4)cc3n2)CC1. The Bertz CT molecular complexity index is 1040. The van der Waals surface area contributed by atoms with E-state index in [-0.39, 0.29) is 17.7 Å². The third-order valence-electron chi connectivity index (χ3n) is 5.17. The Labute approximate surface area is 162 Å². The van der Waals surface area contributed by atoms with Gasteiger partial charge in [-0.15, -0.1) is 0 Å². The molecule has 28 heavy (non-hydrogen) atoms. The Morgan fingerprint density at radius 2 is 1.93 bits per heavy atom. The Morgan fingerprint density at radius 1 is 1.14 bits per heavy atom. The van der Waals surface area contributed by atoms with Gasteiger partial charge in [-0.2, -0.15) is 5.10 Å². The summed E-state index contributed by atoms with van der Waals surface area (Å²) >= 11 is 0. The number of hydrogen-bond donors (Lipinski definition) is 1. The van der Waals surface area contributed by atoms with E-state index in [1.54, 1.807) is 28.9 Å². The van der Waals surface area contributed by atoms with Crippen molar-refractivity contribution in [1.29, 1.82) is 0 Å². The number of benzene rings is 1. The second-order valence-electron chi connectivity index (χ2n) is 7.14. The van der Waals surface area contributed by atoms with E-state index in [1.807, 2.05) is 31.4 Å². The maximum atomic E-state index is 12.6. The van der Waals surface area contributed by atoms with Crippen molar-refractivity contribution < 1.29 is 9.59 Å². The number of nitrogens with zero attached hydrogens (tertiary/aromatic N) is 5. The molecule has 1 fully saturated rings. The van der Waals surface area contributed by atoms with Crippen molar-refractivity contribution in [1.82, 2.24) is 24.6 Å². The van der Waals surface area contributed by atoms with Crippen molar-refractivity contribution in [3.8, 4) is 11.1 Å². The van der Waals surface area contributed by atoms with Crippen LogP contribution in [0.15, 0.2) is 36.8 Å². The fourth-order valence-electron chi connectivity index (χ4n) is 3.50. The van der Waals surface area contributed by atoms with Crippen LogP contribution in [0.5, 0.6) is 0 Å². The monoisotopic (exact) mass is 378 g/mol. The Balaban J connectivity index is 1.49. The maximum absolute atomic E-state index is 12.6. The number of fused-ring (bicyclic) bond motifs is 1. The van der Waals surface area contributed by atoms with E-state index < -0.39 is 0 Å². The lowest BCUT2D eigenvalue weighted by atomic mass is 9.96. The summed E-state index contributed by atoms with van der Waals surface area (Å²) < 4.78 is 1.75. The van der Waals surface area contributed by atoms with Crippen LogP contribution in [0.4, 0.5) is 5.95 Å². The van der Waals surface area contributed by atoms with Gasteiger partial charge >= 0.3 is 0 Å². The molecule has 1 saturated heterocycles. The van der Waals surface area contributed by atoms with Gasteiger partial charge in [0.15, 0.2) is 0 Å². The molecule has 0 unspecified atom stereocenters. The molecule has 1 aromatic carbocycles. The van der Waals surface area contributed by atoms with Crippen LogP contribution in [0.25, 0.3) is 22.0 Å². The van der Waals surface area contributed by atoms with Crippen LogP contribution in [0, 0.1) is 5.92 Å². The smallest absolute Gasteiger partial charge is 0.229 e. The van der Waals surface area contributed by atoms with Gasteiger partial charge in [0.05, 0.1) is 11.7 Å². The number of aryl methyl sites for hydroxylation is 1. The number of piperidine rings is 1. The first-order valence-electron chi connectivity index (χ1n) is 9.32. The highest BCUT2D eigenvalue weighted by molar-refractivity contribution is 5.92. The number of carbonyl (C=O) groups is 2. The summed E-state index contributed by atoms with van der Waals surface area (Å²) in [5, 5.41) is 7.93. The number of carbonyl (C=O) groups excluding carboxylic acids is 2. The van der Waals surface area contributed by atoms with Gasteiger partial charge in [-0.3, -0.25) is 19.6 Å². The first kappa shape index (κ1) is 18.1. The van der Waals surface area contributed by atoms with E-state index in [2.05, 4.69) is 20.4 Å². The number of rotatable bonds is 3. The van der Waals surface area contributed by atoms with E-state index in [0.717, 1.165) is 22.0 Å². The van der Waals surface area contributed by atoms with Crippen molar-refractivity contribution in [2.45, 2.75) is 19.8 Å². The fraction of sp³-hybridized carbons (Fsp3) is 0.350. The fourth-order valence-corrected chi connectivity index (χ4v) is 3.50. The number of amides is 2. The van der Waals surface area contributed by atoms with Gasteiger partial charge in [0.2, 0.25) is 17.8 Å². The van der Waals surface area contributed by atoms with Crippen LogP contribution in [0.2, 0.25) is 0 Å². The summed E-state index contributed by atoms with van der Waals surface area (Å²) in [4.78, 5) is 34.5. The molecule has 4 rings (SSSR count). The normalized spacial score (nSPS) is 15.0. The molecule has 0 aliphatic carbocycles. The van der Waals surface area contributed by atoms with Gasteiger partial charge in [0.25, 0.3) is 0 Å². The minimum Gasteiger partial charge on any atom is -0.343 e. The third-order valence-corrected chi connectivity index (χ3v) is 5.17. The second kappa shape index (κ2) is 7.38. The third kappa shape index (κ3) is 3.71. The molecule has 2 amide bonds. The van der Waals surface area contributed by atoms with Crippen LogP contribution in [-0.2, 0) is 16.6 Å². The number of nitrogens with one attached hydrogen (secondary N) is 1. The Hall–Kier alpha value is -3.29. The van der Waals surface area contributed by atoms with Gasteiger partial charge < -0.3 is 4.90 Å². The maximum Gasteiger partial charge on any atom is 0.229 e. The summed E-state index contributed by atoms with van der Waals surface area (Å²) in [7, 11) is 1.88. The zero-order valence-corrected chi connectivity index (χ0v) is 15.9. The molecule has 1 N–H and O–H groups in total. The van der Waals surface area contributed by atoms with Crippen LogP contribution in [-0.4, -0.2) is 49.6 Å². The summed E-state index contributed by atoms with van der Waals surface area (Å²) in [5.41, 5.74) is 2.78. The Morgan fingerprint density at radius 3 is 2.61 bits per heavy atom. The van der Waals surface area contributed by atoms with Gasteiger partial charge in [0, 0.05) is 56.3 Å². The molecule has 3 aromatic rings. The molecule has 0 saturated carbocycles. The zero-order valence-electron chi connectivity index (χ0n) is 15.9. The van der Waals surface area contributed by atoms with E-state index in [4.69, 9.17) is 0 Å². The van der Waals surface area contributed by atoms with Crippen molar-refractivity contribution in [2.24, 2.45) is 13.0 Å². The van der Waals surface area contributed by atoms with Crippen molar-refractivity contribution >= 4 is 28.7 Å². The van der Waals surface area contributed by atoms with Crippen LogP contribution in [0.3, 0.4) is 0 Å². The first-order chi connectivity index (χ1) is 13.5. The predicted molar refractivity (Wildman–Crippen MR) is 105 cm³/mol. The molecule has 1 aliphatic rings. The number of likely N-dealkylation sites (tertiary alicyclic amines) is 1. The highest BCUT2D eigenvalue weighted by atomic mass is 16.2. The Kier molecular flexibility index (Phi) is 4.77. The highest BCUT2D eigenvalue weighted by Crippen LogP contribution is 2.24. The minimum absolute atomic E-state index is 0.0566. The van der Waals surface area contributed by atoms with E-state index in [0.29, 0.717) is 31.9 Å². The zero-order chi connectivity index (χ0) is 19.7. The largest absolute Gasteiger partial charge is 0.343 e. The van der Waals surface area contributed by atoms with E-state index in [9.17, 15) is 9.59 Å². The summed E-state index contributed by atoms with van der Waals surface area (Å²) in [6.07, 6.45) is 6.77. The average molecular weight is 378 g/mol. The molecule has 3 heterocycles. The summed E-state index contributed by atoms with van der Waals surface area (Å²) in [6, 6.07) is 5.93. The second-order valence-corrected chi connectivity index (χ2v) is 7.14. The van der Waals surface area contributed by atoms with Gasteiger partial charge in [-0.1, -0.05) is 12.1 Å². The highest BCUT2D eigenvalue weighted by Gasteiger charge is 2.26. The van der Waals surface area contributed by atoms with Crippen LogP contribution in [0.1, 0.15) is 19.8 Å². The van der Waals surface area contributed by atoms with Crippen molar-refractivity contribution in [2.75, 3.05) is 18.4 Å². The van der Waals surface area contributed by atoms with Crippen molar-refractivity contribution in [3.63, 3.8) is 0 Å². The lowest BCUT2D eigenvalue weighted by molar-refractivity contribution is -0.132. The molecule has 0 bridgehead atoms. The average Bonchev–Trinajstić information content (AvgIpc) is 3.14. The van der Waals surface area contributed by atoms with Crippen LogP contribution >= 0.6 is 0 Å². The molecular weight excluding hydrogens is 356 g/mol. The minimum atomic E-state index is -0.128. The first-order valence-corrected chi connectivity index (χ1v) is 9.32. The summed E-state index contributed by atoms with van der Waals surface area (Å²) in [5.74, 6) is 0.138.